The number of benzene rings is 2. The molecule has 120 valence electrons. The zero-order valence-electron chi connectivity index (χ0n) is 14.0. The van der Waals surface area contributed by atoms with Crippen molar-refractivity contribution in [1.82, 2.24) is 14.8 Å². The van der Waals surface area contributed by atoms with E-state index in [0.29, 0.717) is 0 Å². The maximum absolute atomic E-state index is 3.55. The quantitative estimate of drug-likeness (QED) is 0.676. The summed E-state index contributed by atoms with van der Waals surface area (Å²) < 4.78 is 2.35. The number of hydrogen-bond acceptors (Lipinski definition) is 2. The van der Waals surface area contributed by atoms with E-state index in [-0.39, 0.29) is 0 Å². The Hall–Kier alpha value is -2.10. The molecule has 3 heteroatoms. The molecule has 3 aromatic rings. The first-order chi connectivity index (χ1) is 11.2. The Kier molecular flexibility index (Phi) is 5.11. The van der Waals surface area contributed by atoms with Gasteiger partial charge in [-0.25, -0.2) is 0 Å². The molecule has 1 heterocycles. The van der Waals surface area contributed by atoms with Crippen LogP contribution in [0.2, 0.25) is 0 Å². The molecule has 0 saturated carbocycles. The van der Waals surface area contributed by atoms with E-state index in [0.717, 1.165) is 26.2 Å². The average molecular weight is 307 g/mol. The average Bonchev–Trinajstić information content (AvgIpc) is 2.91. The van der Waals surface area contributed by atoms with Crippen molar-refractivity contribution in [3.8, 4) is 0 Å². The Morgan fingerprint density at radius 3 is 2.48 bits per heavy atom. The summed E-state index contributed by atoms with van der Waals surface area (Å²) in [5, 5.41) is 4.90. The van der Waals surface area contributed by atoms with Crippen LogP contribution in [0.25, 0.3) is 10.9 Å². The van der Waals surface area contributed by atoms with E-state index in [1.807, 2.05) is 0 Å². The monoisotopic (exact) mass is 307 g/mol. The fraction of sp³-hybridized carbons (Fsp3) is 0.300. The second-order valence-electron chi connectivity index (χ2n) is 6.27. The van der Waals surface area contributed by atoms with Crippen LogP contribution in [0.4, 0.5) is 0 Å². The number of nitrogens with zero attached hydrogens (tertiary/aromatic N) is 2. The van der Waals surface area contributed by atoms with Gasteiger partial charge in [0.2, 0.25) is 0 Å². The molecule has 3 rings (SSSR count). The highest BCUT2D eigenvalue weighted by Crippen LogP contribution is 2.22. The lowest BCUT2D eigenvalue weighted by Gasteiger charge is -2.09. The van der Waals surface area contributed by atoms with Gasteiger partial charge in [-0.2, -0.15) is 0 Å². The molecular weight excluding hydrogens is 282 g/mol. The first kappa shape index (κ1) is 15.8. The normalized spacial score (nSPS) is 11.4. The fourth-order valence-electron chi connectivity index (χ4n) is 2.90. The van der Waals surface area contributed by atoms with Crippen LogP contribution in [0.1, 0.15) is 11.1 Å². The van der Waals surface area contributed by atoms with E-state index in [2.05, 4.69) is 89.7 Å². The number of fused-ring (bicyclic) bond motifs is 1. The summed E-state index contributed by atoms with van der Waals surface area (Å²) in [6.07, 6.45) is 2.29. The van der Waals surface area contributed by atoms with E-state index < -0.39 is 0 Å². The van der Waals surface area contributed by atoms with Crippen LogP contribution in [-0.2, 0) is 13.1 Å². The zero-order chi connectivity index (χ0) is 16.1. The maximum Gasteiger partial charge on any atom is 0.0486 e. The molecule has 23 heavy (non-hydrogen) atoms. The van der Waals surface area contributed by atoms with Crippen molar-refractivity contribution in [2.24, 2.45) is 0 Å². The molecule has 0 aliphatic rings. The molecule has 1 N–H and O–H groups in total. The number of para-hydroxylation sites is 1. The van der Waals surface area contributed by atoms with Gasteiger partial charge in [0.1, 0.15) is 0 Å². The van der Waals surface area contributed by atoms with Gasteiger partial charge >= 0.3 is 0 Å². The van der Waals surface area contributed by atoms with Crippen molar-refractivity contribution >= 4 is 10.9 Å². The number of nitrogens with one attached hydrogen (secondary N) is 1. The van der Waals surface area contributed by atoms with Crippen LogP contribution < -0.4 is 5.32 Å². The molecule has 1 aromatic heterocycles. The Morgan fingerprint density at radius 2 is 1.70 bits per heavy atom. The summed E-state index contributed by atoms with van der Waals surface area (Å²) in [5.74, 6) is 0. The molecule has 0 radical (unpaired) electrons. The van der Waals surface area contributed by atoms with Crippen molar-refractivity contribution in [2.75, 3.05) is 27.2 Å². The van der Waals surface area contributed by atoms with Gasteiger partial charge in [-0.3, -0.25) is 0 Å². The Labute approximate surface area is 138 Å². The minimum atomic E-state index is 0.913. The number of likely N-dealkylation sites (N-methyl/N-ethyl adjacent to an activating group) is 1. The van der Waals surface area contributed by atoms with Crippen molar-refractivity contribution in [3.05, 3.63) is 71.9 Å². The van der Waals surface area contributed by atoms with E-state index in [9.17, 15) is 0 Å². The molecule has 0 spiro atoms. The molecule has 0 unspecified atom stereocenters. The van der Waals surface area contributed by atoms with Crippen LogP contribution in [0.5, 0.6) is 0 Å². The Bertz CT molecular complexity index is 744. The zero-order valence-corrected chi connectivity index (χ0v) is 14.0. The van der Waals surface area contributed by atoms with E-state index in [1.54, 1.807) is 0 Å². The molecule has 3 nitrogen and oxygen atoms in total. The van der Waals surface area contributed by atoms with Crippen molar-refractivity contribution < 1.29 is 0 Å². The molecule has 0 fully saturated rings. The van der Waals surface area contributed by atoms with E-state index in [4.69, 9.17) is 0 Å². The number of hydrogen-bond donors (Lipinski definition) is 1. The van der Waals surface area contributed by atoms with Gasteiger partial charge in [-0.05, 0) is 31.3 Å². The van der Waals surface area contributed by atoms with Crippen LogP contribution in [0, 0.1) is 0 Å². The standard InChI is InChI=1S/C20H25N3/c1-22(2)13-12-21-14-18-16-23(15-17-8-4-3-5-9-17)20-11-7-6-10-19(18)20/h3-11,16,21H,12-15H2,1-2H3. The van der Waals surface area contributed by atoms with Gasteiger partial charge in [0.15, 0.2) is 0 Å². The summed E-state index contributed by atoms with van der Waals surface area (Å²) in [4.78, 5) is 2.20. The topological polar surface area (TPSA) is 20.2 Å². The van der Waals surface area contributed by atoms with Crippen molar-refractivity contribution in [1.29, 1.82) is 0 Å². The van der Waals surface area contributed by atoms with Crippen LogP contribution in [0.15, 0.2) is 60.8 Å². The van der Waals surface area contributed by atoms with Gasteiger partial charge in [-0.1, -0.05) is 48.5 Å². The third kappa shape index (κ3) is 4.01. The van der Waals surface area contributed by atoms with Crippen molar-refractivity contribution in [2.45, 2.75) is 13.1 Å². The Morgan fingerprint density at radius 1 is 0.957 bits per heavy atom. The van der Waals surface area contributed by atoms with Gasteiger partial charge in [-0.15, -0.1) is 0 Å². The summed E-state index contributed by atoms with van der Waals surface area (Å²) in [7, 11) is 4.21. The molecule has 0 aliphatic carbocycles. The molecular formula is C20H25N3. The predicted octanol–water partition coefficient (Wildman–Crippen LogP) is 3.34. The molecule has 0 aliphatic heterocycles. The van der Waals surface area contributed by atoms with E-state index >= 15 is 0 Å². The van der Waals surface area contributed by atoms with Gasteiger partial charge < -0.3 is 14.8 Å². The van der Waals surface area contributed by atoms with Crippen LogP contribution in [-0.4, -0.2) is 36.7 Å². The fourth-order valence-corrected chi connectivity index (χ4v) is 2.90. The maximum atomic E-state index is 3.55. The highest BCUT2D eigenvalue weighted by Gasteiger charge is 2.08. The lowest BCUT2D eigenvalue weighted by molar-refractivity contribution is 0.400. The second-order valence-corrected chi connectivity index (χ2v) is 6.27. The minimum Gasteiger partial charge on any atom is -0.343 e. The first-order valence-electron chi connectivity index (χ1n) is 8.20. The number of rotatable bonds is 7. The van der Waals surface area contributed by atoms with Gasteiger partial charge in [0, 0.05) is 43.3 Å². The lowest BCUT2D eigenvalue weighted by atomic mass is 10.2. The third-order valence-corrected chi connectivity index (χ3v) is 4.12. The van der Waals surface area contributed by atoms with Crippen molar-refractivity contribution in [3.63, 3.8) is 0 Å². The lowest BCUT2D eigenvalue weighted by Crippen LogP contribution is -2.26. The third-order valence-electron chi connectivity index (χ3n) is 4.12. The van der Waals surface area contributed by atoms with Gasteiger partial charge in [0.05, 0.1) is 0 Å². The number of aromatic nitrogens is 1. The predicted molar refractivity (Wildman–Crippen MR) is 97.7 cm³/mol. The summed E-state index contributed by atoms with van der Waals surface area (Å²) in [6, 6.07) is 19.3. The summed E-state index contributed by atoms with van der Waals surface area (Å²) in [5.41, 5.74) is 4.01. The van der Waals surface area contributed by atoms with Crippen LogP contribution >= 0.6 is 0 Å². The first-order valence-corrected chi connectivity index (χ1v) is 8.20. The Balaban J connectivity index is 1.79. The second kappa shape index (κ2) is 7.44. The molecule has 0 saturated heterocycles. The minimum absolute atomic E-state index is 0.913. The highest BCUT2D eigenvalue weighted by atomic mass is 15.1. The SMILES string of the molecule is CN(C)CCNCc1cn(Cc2ccccc2)c2ccccc12. The molecule has 0 bridgehead atoms. The largest absolute Gasteiger partial charge is 0.343 e. The highest BCUT2D eigenvalue weighted by molar-refractivity contribution is 5.84. The summed E-state index contributed by atoms with van der Waals surface area (Å²) >= 11 is 0. The van der Waals surface area contributed by atoms with E-state index in [1.165, 1.54) is 22.0 Å². The van der Waals surface area contributed by atoms with Gasteiger partial charge in [0.25, 0.3) is 0 Å². The molecule has 2 aromatic carbocycles. The molecule has 0 amide bonds. The smallest absolute Gasteiger partial charge is 0.0486 e. The van der Waals surface area contributed by atoms with Crippen LogP contribution in [0.3, 0.4) is 0 Å². The molecule has 0 atom stereocenters. The summed E-state index contributed by atoms with van der Waals surface area (Å²) in [6.45, 7) is 3.89.